The maximum atomic E-state index is 14.5. The van der Waals surface area contributed by atoms with Crippen LogP contribution in [-0.4, -0.2) is 33.2 Å². The van der Waals surface area contributed by atoms with E-state index in [0.29, 0.717) is 22.8 Å². The predicted molar refractivity (Wildman–Crippen MR) is 111 cm³/mol. The number of amides is 2. The molecule has 0 aliphatic carbocycles. The Hall–Kier alpha value is -3.75. The molecule has 0 atom stereocenters. The Morgan fingerprint density at radius 2 is 2.03 bits per heavy atom. The first-order valence-electron chi connectivity index (χ1n) is 10.2. The zero-order chi connectivity index (χ0) is 21.4. The lowest BCUT2D eigenvalue weighted by molar-refractivity contribution is -0.118. The van der Waals surface area contributed by atoms with E-state index in [1.54, 1.807) is 24.3 Å². The van der Waals surface area contributed by atoms with Crippen molar-refractivity contribution >= 4 is 23.2 Å². The first-order chi connectivity index (χ1) is 15.1. The second kappa shape index (κ2) is 7.82. The van der Waals surface area contributed by atoms with Gasteiger partial charge in [-0.15, -0.1) is 10.2 Å². The lowest BCUT2D eigenvalue weighted by Crippen LogP contribution is -2.25. The molecule has 1 aromatic heterocycles. The molecule has 0 spiro atoms. The number of nitrogens with zero attached hydrogens (tertiary/aromatic N) is 3. The average molecular weight is 421 g/mol. The molecule has 0 saturated carbocycles. The number of ether oxygens (including phenoxy) is 1. The Bertz CT molecular complexity index is 1190. The summed E-state index contributed by atoms with van der Waals surface area (Å²) >= 11 is 0. The van der Waals surface area contributed by atoms with Gasteiger partial charge in [0.15, 0.2) is 12.4 Å². The normalized spacial score (nSPS) is 15.2. The molecule has 0 bridgehead atoms. The van der Waals surface area contributed by atoms with E-state index < -0.39 is 11.7 Å². The standard InChI is InChI=1S/C22H20FN5O3/c23-15-7-5-13(21-27-26-19-4-2-1-3-9-28(19)21)10-16(15)25-22(30)14-6-8-18-17(11-14)24-20(29)12-31-18/h5-8,10-11H,1-4,9,12H2,(H,24,29)(H,25,30). The predicted octanol–water partition coefficient (Wildman–Crippen LogP) is 3.39. The first-order valence-corrected chi connectivity index (χ1v) is 10.2. The van der Waals surface area contributed by atoms with Gasteiger partial charge in [0, 0.05) is 24.1 Å². The highest BCUT2D eigenvalue weighted by Crippen LogP contribution is 2.30. The van der Waals surface area contributed by atoms with Crippen LogP contribution in [0.25, 0.3) is 11.4 Å². The topological polar surface area (TPSA) is 98.1 Å². The van der Waals surface area contributed by atoms with E-state index in [1.807, 2.05) is 0 Å². The minimum absolute atomic E-state index is 0.0477. The zero-order valence-electron chi connectivity index (χ0n) is 16.7. The number of carbonyl (C=O) groups excluding carboxylic acids is 2. The fraction of sp³-hybridized carbons (Fsp3) is 0.273. The van der Waals surface area contributed by atoms with Gasteiger partial charge in [-0.1, -0.05) is 6.42 Å². The molecule has 2 amide bonds. The summed E-state index contributed by atoms with van der Waals surface area (Å²) in [6, 6.07) is 9.18. The van der Waals surface area contributed by atoms with Crippen LogP contribution in [0.1, 0.15) is 35.4 Å². The minimum Gasteiger partial charge on any atom is -0.482 e. The molecule has 158 valence electrons. The lowest BCUT2D eigenvalue weighted by atomic mass is 10.1. The van der Waals surface area contributed by atoms with Crippen LogP contribution in [0.2, 0.25) is 0 Å². The maximum Gasteiger partial charge on any atom is 0.262 e. The summed E-state index contributed by atoms with van der Waals surface area (Å²) < 4.78 is 21.8. The fourth-order valence-corrected chi connectivity index (χ4v) is 3.88. The largest absolute Gasteiger partial charge is 0.482 e. The summed E-state index contributed by atoms with van der Waals surface area (Å²) in [6.45, 7) is 0.753. The monoisotopic (exact) mass is 421 g/mol. The van der Waals surface area contributed by atoms with E-state index >= 15 is 0 Å². The van der Waals surface area contributed by atoms with Crippen molar-refractivity contribution in [1.29, 1.82) is 0 Å². The molecule has 8 nitrogen and oxygen atoms in total. The third kappa shape index (κ3) is 3.74. The molecule has 3 heterocycles. The van der Waals surface area contributed by atoms with Gasteiger partial charge in [0.05, 0.1) is 11.4 Å². The SMILES string of the molecule is O=C1COc2ccc(C(=O)Nc3cc(-c4nnc5n4CCCCC5)ccc3F)cc2N1. The van der Waals surface area contributed by atoms with Crippen molar-refractivity contribution in [3.63, 3.8) is 0 Å². The number of aryl methyl sites for hydroxylation is 1. The summed E-state index contributed by atoms with van der Waals surface area (Å²) in [5, 5.41) is 13.9. The van der Waals surface area contributed by atoms with Gasteiger partial charge in [-0.05, 0) is 49.2 Å². The van der Waals surface area contributed by atoms with Crippen LogP contribution >= 0.6 is 0 Å². The number of fused-ring (bicyclic) bond motifs is 2. The molecule has 9 heteroatoms. The number of rotatable bonds is 3. The molecule has 2 aromatic carbocycles. The summed E-state index contributed by atoms with van der Waals surface area (Å²) in [4.78, 5) is 24.3. The number of nitrogens with one attached hydrogen (secondary N) is 2. The Labute approximate surface area is 177 Å². The van der Waals surface area contributed by atoms with Crippen LogP contribution in [0.4, 0.5) is 15.8 Å². The van der Waals surface area contributed by atoms with Crippen molar-refractivity contribution in [3.05, 3.63) is 53.6 Å². The number of hydrogen-bond acceptors (Lipinski definition) is 5. The summed E-state index contributed by atoms with van der Waals surface area (Å²) in [5.41, 5.74) is 1.41. The Morgan fingerprint density at radius 3 is 2.94 bits per heavy atom. The number of hydrogen-bond donors (Lipinski definition) is 2. The minimum atomic E-state index is -0.553. The Morgan fingerprint density at radius 1 is 1.13 bits per heavy atom. The van der Waals surface area contributed by atoms with Crippen LogP contribution in [0.3, 0.4) is 0 Å². The molecular weight excluding hydrogens is 401 g/mol. The number of halogens is 1. The van der Waals surface area contributed by atoms with Gasteiger partial charge in [-0.25, -0.2) is 4.39 Å². The Kier molecular flexibility index (Phi) is 4.85. The van der Waals surface area contributed by atoms with Crippen molar-refractivity contribution in [2.24, 2.45) is 0 Å². The van der Waals surface area contributed by atoms with Gasteiger partial charge in [0.2, 0.25) is 0 Å². The van der Waals surface area contributed by atoms with Gasteiger partial charge in [-0.2, -0.15) is 0 Å². The first kappa shape index (κ1) is 19.2. The number of aromatic nitrogens is 3. The zero-order valence-corrected chi connectivity index (χ0v) is 16.7. The van der Waals surface area contributed by atoms with Crippen LogP contribution in [0.5, 0.6) is 5.75 Å². The van der Waals surface area contributed by atoms with Crippen molar-refractivity contribution in [3.8, 4) is 17.1 Å². The second-order valence-corrected chi connectivity index (χ2v) is 7.60. The molecule has 5 rings (SSSR count). The highest BCUT2D eigenvalue weighted by atomic mass is 19.1. The number of carbonyl (C=O) groups is 2. The maximum absolute atomic E-state index is 14.5. The van der Waals surface area contributed by atoms with Crippen molar-refractivity contribution in [1.82, 2.24) is 14.8 Å². The highest BCUT2D eigenvalue weighted by Gasteiger charge is 2.20. The molecule has 0 unspecified atom stereocenters. The molecule has 2 aliphatic heterocycles. The summed E-state index contributed by atoms with van der Waals surface area (Å²) in [6.07, 6.45) is 4.13. The van der Waals surface area contributed by atoms with Crippen LogP contribution in [0, 0.1) is 5.82 Å². The van der Waals surface area contributed by atoms with Gasteiger partial charge >= 0.3 is 0 Å². The third-order valence-corrected chi connectivity index (χ3v) is 5.46. The van der Waals surface area contributed by atoms with E-state index in [0.717, 1.165) is 38.1 Å². The molecule has 0 fully saturated rings. The molecule has 0 radical (unpaired) electrons. The van der Waals surface area contributed by atoms with E-state index in [9.17, 15) is 14.0 Å². The quantitative estimate of drug-likeness (QED) is 0.676. The van der Waals surface area contributed by atoms with Crippen molar-refractivity contribution in [2.45, 2.75) is 32.2 Å². The molecular formula is C22H20FN5O3. The van der Waals surface area contributed by atoms with E-state index in [4.69, 9.17) is 4.74 Å². The van der Waals surface area contributed by atoms with Crippen LogP contribution < -0.4 is 15.4 Å². The van der Waals surface area contributed by atoms with E-state index in [2.05, 4.69) is 25.4 Å². The van der Waals surface area contributed by atoms with E-state index in [1.165, 1.54) is 12.1 Å². The van der Waals surface area contributed by atoms with Gasteiger partial charge in [0.1, 0.15) is 17.4 Å². The van der Waals surface area contributed by atoms with Crippen LogP contribution in [0.15, 0.2) is 36.4 Å². The second-order valence-electron chi connectivity index (χ2n) is 7.60. The lowest BCUT2D eigenvalue weighted by Gasteiger charge is -2.18. The van der Waals surface area contributed by atoms with Crippen LogP contribution in [-0.2, 0) is 17.8 Å². The molecule has 0 saturated heterocycles. The van der Waals surface area contributed by atoms with Crippen molar-refractivity contribution < 1.29 is 18.7 Å². The van der Waals surface area contributed by atoms with Gasteiger partial charge in [-0.3, -0.25) is 9.59 Å². The molecule has 31 heavy (non-hydrogen) atoms. The third-order valence-electron chi connectivity index (χ3n) is 5.46. The molecule has 2 aliphatic rings. The Balaban J connectivity index is 1.42. The van der Waals surface area contributed by atoms with Gasteiger partial charge < -0.3 is 19.9 Å². The smallest absolute Gasteiger partial charge is 0.262 e. The summed E-state index contributed by atoms with van der Waals surface area (Å²) in [5.74, 6) is 0.732. The average Bonchev–Trinajstić information content (AvgIpc) is 3.02. The van der Waals surface area contributed by atoms with Crippen molar-refractivity contribution in [2.75, 3.05) is 17.2 Å². The number of anilines is 2. The highest BCUT2D eigenvalue weighted by molar-refractivity contribution is 6.06. The molecule has 3 aromatic rings. The fourth-order valence-electron chi connectivity index (χ4n) is 3.88. The summed E-state index contributed by atoms with van der Waals surface area (Å²) in [7, 11) is 0. The number of benzene rings is 2. The molecule has 2 N–H and O–H groups in total. The van der Waals surface area contributed by atoms with Gasteiger partial charge in [0.25, 0.3) is 11.8 Å². The van der Waals surface area contributed by atoms with E-state index in [-0.39, 0.29) is 23.8 Å².